The van der Waals surface area contributed by atoms with E-state index in [0.717, 1.165) is 0 Å². The largest absolute Gasteiger partial charge is 0.396 e. The molecule has 1 aromatic rings. The Labute approximate surface area is 128 Å². The smallest absolute Gasteiger partial charge is 0.150 e. The van der Waals surface area contributed by atoms with Crippen LogP contribution in [0.4, 0.5) is 4.39 Å². The summed E-state index contributed by atoms with van der Waals surface area (Å²) in [5, 5.41) is 19.4. The number of aliphatic hydroxyl groups excluding tert-OH is 2. The Morgan fingerprint density at radius 3 is 2.52 bits per heavy atom. The lowest BCUT2D eigenvalue weighted by Gasteiger charge is -2.35. The molecular formula is C14H18ClFO4S. The van der Waals surface area contributed by atoms with E-state index < -0.39 is 21.1 Å². The molecule has 1 aromatic carbocycles. The Morgan fingerprint density at radius 1 is 1.33 bits per heavy atom. The molecule has 0 aliphatic carbocycles. The maximum Gasteiger partial charge on any atom is 0.150 e. The second kappa shape index (κ2) is 6.20. The summed E-state index contributed by atoms with van der Waals surface area (Å²) in [7, 11) is -3.14. The summed E-state index contributed by atoms with van der Waals surface area (Å²) in [6, 6.07) is 4.35. The molecule has 1 unspecified atom stereocenters. The Morgan fingerprint density at radius 2 is 2.00 bits per heavy atom. The first kappa shape index (κ1) is 16.7. The third-order valence-corrected chi connectivity index (χ3v) is 6.49. The van der Waals surface area contributed by atoms with Gasteiger partial charge in [-0.2, -0.15) is 0 Å². The van der Waals surface area contributed by atoms with E-state index >= 15 is 0 Å². The highest BCUT2D eigenvalue weighted by Crippen LogP contribution is 2.39. The van der Waals surface area contributed by atoms with Crippen LogP contribution < -0.4 is 0 Å². The van der Waals surface area contributed by atoms with E-state index in [1.807, 2.05) is 0 Å². The minimum atomic E-state index is -3.14. The van der Waals surface area contributed by atoms with Crippen molar-refractivity contribution in [2.75, 3.05) is 24.7 Å². The van der Waals surface area contributed by atoms with Gasteiger partial charge < -0.3 is 10.2 Å². The van der Waals surface area contributed by atoms with Crippen LogP contribution in [0.15, 0.2) is 18.2 Å². The van der Waals surface area contributed by atoms with Crippen molar-refractivity contribution in [1.29, 1.82) is 0 Å². The van der Waals surface area contributed by atoms with E-state index in [9.17, 15) is 23.0 Å². The normalized spacial score (nSPS) is 21.6. The van der Waals surface area contributed by atoms with Gasteiger partial charge in [0, 0.05) is 5.41 Å². The molecule has 1 saturated heterocycles. The molecule has 118 valence electrons. The van der Waals surface area contributed by atoms with Gasteiger partial charge >= 0.3 is 0 Å². The predicted molar refractivity (Wildman–Crippen MR) is 78.5 cm³/mol. The number of benzene rings is 1. The van der Waals surface area contributed by atoms with Gasteiger partial charge in [0.15, 0.2) is 9.84 Å². The molecule has 2 N–H and O–H groups in total. The molecule has 1 aliphatic heterocycles. The predicted octanol–water partition coefficient (Wildman–Crippen LogP) is 1.43. The first-order chi connectivity index (χ1) is 9.83. The van der Waals surface area contributed by atoms with Crippen molar-refractivity contribution in [3.05, 3.63) is 34.6 Å². The van der Waals surface area contributed by atoms with E-state index in [-0.39, 0.29) is 42.1 Å². The van der Waals surface area contributed by atoms with Gasteiger partial charge in [-0.05, 0) is 30.4 Å². The number of halogens is 2. The highest BCUT2D eigenvalue weighted by molar-refractivity contribution is 7.91. The zero-order valence-electron chi connectivity index (χ0n) is 11.4. The maximum absolute atomic E-state index is 13.5. The van der Waals surface area contributed by atoms with Gasteiger partial charge in [0.25, 0.3) is 0 Å². The lowest BCUT2D eigenvalue weighted by atomic mass is 9.72. The van der Waals surface area contributed by atoms with Crippen molar-refractivity contribution in [3.8, 4) is 0 Å². The molecule has 0 saturated carbocycles. The molecule has 2 rings (SSSR count). The lowest BCUT2D eigenvalue weighted by molar-refractivity contribution is 0.0124. The topological polar surface area (TPSA) is 74.6 Å². The van der Waals surface area contributed by atoms with E-state index in [4.69, 9.17) is 11.6 Å². The third-order valence-electron chi connectivity index (χ3n) is 4.30. The maximum atomic E-state index is 13.5. The average Bonchev–Trinajstić information content (AvgIpc) is 2.81. The Kier molecular flexibility index (Phi) is 4.92. The van der Waals surface area contributed by atoms with Crippen LogP contribution in [-0.2, 0) is 16.3 Å². The van der Waals surface area contributed by atoms with Gasteiger partial charge in [0.2, 0.25) is 0 Å². The minimum Gasteiger partial charge on any atom is -0.396 e. The Bertz CT molecular complexity index is 613. The molecule has 0 amide bonds. The third kappa shape index (κ3) is 3.39. The van der Waals surface area contributed by atoms with Crippen molar-refractivity contribution in [1.82, 2.24) is 0 Å². The van der Waals surface area contributed by atoms with Crippen LogP contribution >= 0.6 is 11.6 Å². The molecule has 1 heterocycles. The second-order valence-electron chi connectivity index (χ2n) is 5.67. The van der Waals surface area contributed by atoms with E-state index in [1.54, 1.807) is 6.07 Å². The fourth-order valence-electron chi connectivity index (χ4n) is 2.91. The summed E-state index contributed by atoms with van der Waals surface area (Å²) in [6.45, 7) is -0.757. The SMILES string of the molecule is O=S1(=O)CCC(C(CO)(CO)Cc2cccc(F)c2Cl)C1. The van der Waals surface area contributed by atoms with Crippen molar-refractivity contribution < 1.29 is 23.0 Å². The molecule has 4 nitrogen and oxygen atoms in total. The molecule has 0 radical (unpaired) electrons. The molecule has 0 spiro atoms. The van der Waals surface area contributed by atoms with Gasteiger partial charge in [-0.15, -0.1) is 0 Å². The zero-order chi connectivity index (χ0) is 15.7. The molecule has 7 heteroatoms. The number of hydrogen-bond donors (Lipinski definition) is 2. The van der Waals surface area contributed by atoms with Gasteiger partial charge in [0.1, 0.15) is 5.82 Å². The fourth-order valence-corrected chi connectivity index (χ4v) is 5.04. The molecule has 0 bridgehead atoms. The number of rotatable bonds is 5. The van der Waals surface area contributed by atoms with Crippen LogP contribution in [0.25, 0.3) is 0 Å². The molecule has 0 aromatic heterocycles. The van der Waals surface area contributed by atoms with Gasteiger partial charge in [-0.1, -0.05) is 23.7 Å². The molecule has 1 fully saturated rings. The van der Waals surface area contributed by atoms with E-state index in [2.05, 4.69) is 0 Å². The number of aliphatic hydroxyl groups is 2. The number of sulfone groups is 1. The van der Waals surface area contributed by atoms with Crippen LogP contribution in [0.2, 0.25) is 5.02 Å². The fraction of sp³-hybridized carbons (Fsp3) is 0.571. The zero-order valence-corrected chi connectivity index (χ0v) is 13.0. The van der Waals surface area contributed by atoms with Gasteiger partial charge in [0.05, 0.1) is 29.7 Å². The summed E-state index contributed by atoms with van der Waals surface area (Å²) < 4.78 is 36.8. The molecule has 1 atom stereocenters. The van der Waals surface area contributed by atoms with E-state index in [1.165, 1.54) is 12.1 Å². The van der Waals surface area contributed by atoms with Crippen molar-refractivity contribution in [2.24, 2.45) is 11.3 Å². The molecule has 1 aliphatic rings. The monoisotopic (exact) mass is 336 g/mol. The van der Waals surface area contributed by atoms with Crippen LogP contribution in [0.1, 0.15) is 12.0 Å². The molecular weight excluding hydrogens is 319 g/mol. The van der Waals surface area contributed by atoms with Crippen LogP contribution in [-0.4, -0.2) is 43.4 Å². The highest BCUT2D eigenvalue weighted by Gasteiger charge is 2.44. The molecule has 21 heavy (non-hydrogen) atoms. The standard InChI is InChI=1S/C14H18ClFO4S/c15-13-10(2-1-3-12(13)16)6-14(8-17,9-18)11-4-5-21(19,20)7-11/h1-3,11,17-18H,4-9H2. The Balaban J connectivity index is 2.32. The summed E-state index contributed by atoms with van der Waals surface area (Å²) in [4.78, 5) is 0. The van der Waals surface area contributed by atoms with Crippen LogP contribution in [0.3, 0.4) is 0 Å². The van der Waals surface area contributed by atoms with Crippen molar-refractivity contribution >= 4 is 21.4 Å². The van der Waals surface area contributed by atoms with E-state index in [0.29, 0.717) is 12.0 Å². The van der Waals surface area contributed by atoms with Gasteiger partial charge in [-0.25, -0.2) is 12.8 Å². The van der Waals surface area contributed by atoms with Crippen LogP contribution in [0.5, 0.6) is 0 Å². The second-order valence-corrected chi connectivity index (χ2v) is 8.27. The summed E-state index contributed by atoms with van der Waals surface area (Å²) >= 11 is 5.92. The van der Waals surface area contributed by atoms with Crippen molar-refractivity contribution in [3.63, 3.8) is 0 Å². The van der Waals surface area contributed by atoms with Crippen molar-refractivity contribution in [2.45, 2.75) is 12.8 Å². The average molecular weight is 337 g/mol. The van der Waals surface area contributed by atoms with Crippen LogP contribution in [0, 0.1) is 17.2 Å². The lowest BCUT2D eigenvalue weighted by Crippen LogP contribution is -2.41. The summed E-state index contributed by atoms with van der Waals surface area (Å²) in [5.41, 5.74) is -0.551. The highest BCUT2D eigenvalue weighted by atomic mass is 35.5. The first-order valence-corrected chi connectivity index (χ1v) is 8.88. The minimum absolute atomic E-state index is 0.0513. The number of hydrogen-bond acceptors (Lipinski definition) is 4. The summed E-state index contributed by atoms with van der Waals surface area (Å²) in [6.07, 6.45) is 0.521. The first-order valence-electron chi connectivity index (χ1n) is 6.68. The summed E-state index contributed by atoms with van der Waals surface area (Å²) in [5.74, 6) is -0.952. The van der Waals surface area contributed by atoms with Gasteiger partial charge in [-0.3, -0.25) is 0 Å². The Hall–Kier alpha value is -0.690. The quantitative estimate of drug-likeness (QED) is 0.853.